The largest absolute Gasteiger partial charge is 0.497 e. The van der Waals surface area contributed by atoms with Crippen LogP contribution in [0.25, 0.3) is 0 Å². The van der Waals surface area contributed by atoms with Gasteiger partial charge in [-0.2, -0.15) is 0 Å². The first kappa shape index (κ1) is 18.6. The van der Waals surface area contributed by atoms with Crippen LogP contribution in [0.15, 0.2) is 30.3 Å². The average Bonchev–Trinajstić information content (AvgIpc) is 3.07. The van der Waals surface area contributed by atoms with E-state index < -0.39 is 0 Å². The van der Waals surface area contributed by atoms with Gasteiger partial charge in [0.1, 0.15) is 5.75 Å². The number of carbonyl (C=O) groups is 2. The van der Waals surface area contributed by atoms with Crippen molar-refractivity contribution in [2.75, 3.05) is 20.2 Å². The lowest BCUT2D eigenvalue weighted by atomic mass is 9.89. The number of rotatable bonds is 5. The van der Waals surface area contributed by atoms with E-state index in [0.29, 0.717) is 13.1 Å². The van der Waals surface area contributed by atoms with Crippen LogP contribution >= 0.6 is 11.3 Å². The molecule has 1 aromatic carbocycles. The number of hydrogen-bond donors (Lipinski definition) is 0. The predicted molar refractivity (Wildman–Crippen MR) is 104 cm³/mol. The molecule has 0 N–H and O–H groups in total. The van der Waals surface area contributed by atoms with Gasteiger partial charge in [0.05, 0.1) is 12.0 Å². The molecule has 0 unspecified atom stereocenters. The summed E-state index contributed by atoms with van der Waals surface area (Å²) in [7, 11) is 1.61. The summed E-state index contributed by atoms with van der Waals surface area (Å²) >= 11 is 1.58. The molecule has 5 heteroatoms. The molecule has 1 amide bonds. The number of amides is 1. The van der Waals surface area contributed by atoms with Crippen LogP contribution in [0.3, 0.4) is 0 Å². The predicted octanol–water partition coefficient (Wildman–Crippen LogP) is 4.36. The molecule has 138 valence electrons. The molecule has 0 bridgehead atoms. The van der Waals surface area contributed by atoms with Crippen molar-refractivity contribution >= 4 is 23.0 Å². The third kappa shape index (κ3) is 3.83. The van der Waals surface area contributed by atoms with Crippen LogP contribution in [0.2, 0.25) is 0 Å². The Morgan fingerprint density at radius 2 is 1.85 bits per heavy atom. The van der Waals surface area contributed by atoms with E-state index in [1.807, 2.05) is 35.2 Å². The molecule has 1 fully saturated rings. The van der Waals surface area contributed by atoms with Crippen molar-refractivity contribution in [3.05, 3.63) is 51.2 Å². The van der Waals surface area contributed by atoms with E-state index in [9.17, 15) is 9.59 Å². The van der Waals surface area contributed by atoms with Gasteiger partial charge < -0.3 is 9.64 Å². The van der Waals surface area contributed by atoms with Gasteiger partial charge in [-0.3, -0.25) is 9.59 Å². The Morgan fingerprint density at radius 3 is 2.38 bits per heavy atom. The zero-order chi connectivity index (χ0) is 18.7. The summed E-state index contributed by atoms with van der Waals surface area (Å²) in [5, 5.41) is 0. The maximum Gasteiger partial charge on any atom is 0.263 e. The van der Waals surface area contributed by atoms with Crippen molar-refractivity contribution in [3.63, 3.8) is 0 Å². The van der Waals surface area contributed by atoms with E-state index in [1.165, 1.54) is 10.4 Å². The molecule has 1 aliphatic rings. The number of likely N-dealkylation sites (tertiary alicyclic amines) is 1. The maximum atomic E-state index is 12.7. The molecular weight excluding hydrogens is 346 g/mol. The molecule has 26 heavy (non-hydrogen) atoms. The summed E-state index contributed by atoms with van der Waals surface area (Å²) in [5.74, 6) is 1.01. The number of piperidine rings is 1. The number of ether oxygens (including phenoxy) is 1. The number of aryl methyl sites for hydroxylation is 2. The van der Waals surface area contributed by atoms with Gasteiger partial charge in [-0.1, -0.05) is 6.92 Å². The SMILES string of the molecule is CCc1cc(C(=O)N2CCC(C(=O)c3ccc(OC)cc3)CC2)sc1C. The highest BCUT2D eigenvalue weighted by Gasteiger charge is 2.29. The summed E-state index contributed by atoms with van der Waals surface area (Å²) in [6.07, 6.45) is 2.40. The van der Waals surface area contributed by atoms with Crippen LogP contribution < -0.4 is 4.74 Å². The van der Waals surface area contributed by atoms with Gasteiger partial charge in [-0.15, -0.1) is 11.3 Å². The molecule has 0 saturated carbocycles. The van der Waals surface area contributed by atoms with Gasteiger partial charge in [0.15, 0.2) is 5.78 Å². The summed E-state index contributed by atoms with van der Waals surface area (Å²) in [5.41, 5.74) is 1.97. The first-order valence-corrected chi connectivity index (χ1v) is 9.92. The second kappa shape index (κ2) is 8.04. The number of nitrogens with zero attached hydrogens (tertiary/aromatic N) is 1. The fourth-order valence-corrected chi connectivity index (χ4v) is 4.55. The Kier molecular flexibility index (Phi) is 5.77. The molecule has 1 aromatic heterocycles. The molecule has 2 aromatic rings. The highest BCUT2D eigenvalue weighted by Crippen LogP contribution is 2.27. The second-order valence-electron chi connectivity index (χ2n) is 6.70. The van der Waals surface area contributed by atoms with Gasteiger partial charge in [-0.25, -0.2) is 0 Å². The van der Waals surface area contributed by atoms with E-state index in [0.717, 1.165) is 35.5 Å². The van der Waals surface area contributed by atoms with Gasteiger partial charge in [0.2, 0.25) is 0 Å². The molecule has 3 rings (SSSR count). The lowest BCUT2D eigenvalue weighted by Crippen LogP contribution is -2.40. The quantitative estimate of drug-likeness (QED) is 0.734. The minimum atomic E-state index is -0.0104. The van der Waals surface area contributed by atoms with Gasteiger partial charge in [0.25, 0.3) is 5.91 Å². The Hall–Kier alpha value is -2.14. The highest BCUT2D eigenvalue weighted by atomic mass is 32.1. The number of ketones is 1. The Balaban J connectivity index is 1.60. The average molecular weight is 372 g/mol. The van der Waals surface area contributed by atoms with Crippen molar-refractivity contribution < 1.29 is 14.3 Å². The van der Waals surface area contributed by atoms with Crippen LogP contribution in [0, 0.1) is 12.8 Å². The molecule has 0 spiro atoms. The fraction of sp³-hybridized carbons (Fsp3) is 0.429. The van der Waals surface area contributed by atoms with Crippen molar-refractivity contribution in [1.82, 2.24) is 4.90 Å². The van der Waals surface area contributed by atoms with E-state index in [1.54, 1.807) is 18.4 Å². The Morgan fingerprint density at radius 1 is 1.19 bits per heavy atom. The lowest BCUT2D eigenvalue weighted by molar-refractivity contribution is 0.0654. The minimum Gasteiger partial charge on any atom is -0.497 e. The first-order valence-electron chi connectivity index (χ1n) is 9.10. The van der Waals surface area contributed by atoms with Crippen molar-refractivity contribution in [2.24, 2.45) is 5.92 Å². The standard InChI is InChI=1S/C21H25NO3S/c1-4-15-13-19(26-14(15)2)21(24)22-11-9-17(10-12-22)20(23)16-5-7-18(25-3)8-6-16/h5-8,13,17H,4,9-12H2,1-3H3. The molecule has 0 atom stereocenters. The van der Waals surface area contributed by atoms with Crippen molar-refractivity contribution in [3.8, 4) is 5.75 Å². The summed E-state index contributed by atoms with van der Waals surface area (Å²) in [6, 6.07) is 9.29. The van der Waals surface area contributed by atoms with Crippen LogP contribution in [0.4, 0.5) is 0 Å². The zero-order valence-electron chi connectivity index (χ0n) is 15.6. The molecular formula is C21H25NO3S. The van der Waals surface area contributed by atoms with E-state index in [4.69, 9.17) is 4.74 Å². The number of Topliss-reactive ketones (excluding diaryl/α,β-unsaturated/α-hetero) is 1. The Bertz CT molecular complexity index is 786. The molecule has 1 aliphatic heterocycles. The van der Waals surface area contributed by atoms with Gasteiger partial charge in [0, 0.05) is 29.4 Å². The van der Waals surface area contributed by atoms with Crippen LogP contribution in [0.5, 0.6) is 5.75 Å². The lowest BCUT2D eigenvalue weighted by Gasteiger charge is -2.31. The third-order valence-corrected chi connectivity index (χ3v) is 6.22. The minimum absolute atomic E-state index is 0.0104. The topological polar surface area (TPSA) is 46.6 Å². The van der Waals surface area contributed by atoms with E-state index in [2.05, 4.69) is 13.8 Å². The van der Waals surface area contributed by atoms with E-state index >= 15 is 0 Å². The van der Waals surface area contributed by atoms with E-state index in [-0.39, 0.29) is 17.6 Å². The number of carbonyl (C=O) groups excluding carboxylic acids is 2. The second-order valence-corrected chi connectivity index (χ2v) is 7.96. The number of hydrogen-bond acceptors (Lipinski definition) is 4. The zero-order valence-corrected chi connectivity index (χ0v) is 16.4. The number of benzene rings is 1. The first-order chi connectivity index (χ1) is 12.5. The molecule has 2 heterocycles. The van der Waals surface area contributed by atoms with Gasteiger partial charge in [-0.05, 0) is 62.1 Å². The van der Waals surface area contributed by atoms with Crippen molar-refractivity contribution in [1.29, 1.82) is 0 Å². The van der Waals surface area contributed by atoms with Crippen LogP contribution in [0.1, 0.15) is 50.2 Å². The fourth-order valence-electron chi connectivity index (χ4n) is 3.47. The molecule has 0 radical (unpaired) electrons. The van der Waals surface area contributed by atoms with Gasteiger partial charge >= 0.3 is 0 Å². The third-order valence-electron chi connectivity index (χ3n) is 5.14. The summed E-state index contributed by atoms with van der Waals surface area (Å²) in [6.45, 7) is 5.47. The highest BCUT2D eigenvalue weighted by molar-refractivity contribution is 7.14. The monoisotopic (exact) mass is 371 g/mol. The molecule has 0 aliphatic carbocycles. The number of thiophene rings is 1. The summed E-state index contributed by atoms with van der Waals surface area (Å²) < 4.78 is 5.14. The smallest absolute Gasteiger partial charge is 0.263 e. The normalized spacial score (nSPS) is 15.1. The van der Waals surface area contributed by atoms with Crippen LogP contribution in [-0.4, -0.2) is 36.8 Å². The summed E-state index contributed by atoms with van der Waals surface area (Å²) in [4.78, 5) is 29.4. The van der Waals surface area contributed by atoms with Crippen molar-refractivity contribution in [2.45, 2.75) is 33.1 Å². The Labute approximate surface area is 158 Å². The molecule has 1 saturated heterocycles. The molecule has 4 nitrogen and oxygen atoms in total. The van der Waals surface area contributed by atoms with Crippen LogP contribution in [-0.2, 0) is 6.42 Å². The maximum absolute atomic E-state index is 12.7. The number of methoxy groups -OCH3 is 1.